The van der Waals surface area contributed by atoms with Crippen LogP contribution in [0.1, 0.15) is 18.1 Å². The number of amides is 2. The van der Waals surface area contributed by atoms with Crippen LogP contribution in [0.2, 0.25) is 0 Å². The summed E-state index contributed by atoms with van der Waals surface area (Å²) in [7, 11) is 1.53. The molecule has 0 radical (unpaired) electrons. The maximum absolute atomic E-state index is 13.9. The Morgan fingerprint density at radius 1 is 1.20 bits per heavy atom. The first-order valence-corrected chi connectivity index (χ1v) is 8.70. The molecule has 0 aliphatic carbocycles. The quantitative estimate of drug-likeness (QED) is 0.799. The Balaban J connectivity index is 2.25. The maximum Gasteiger partial charge on any atom is 0.242 e. The van der Waals surface area contributed by atoms with Gasteiger partial charge in [0.15, 0.2) is 0 Å². The molecule has 0 heterocycles. The zero-order valence-electron chi connectivity index (χ0n) is 14.1. The summed E-state index contributed by atoms with van der Waals surface area (Å²) >= 11 is 3.40. The highest BCUT2D eigenvalue weighted by atomic mass is 79.9. The molecule has 2 amide bonds. The molecule has 2 aromatic rings. The van der Waals surface area contributed by atoms with E-state index in [2.05, 4.69) is 21.2 Å². The number of carbonyl (C=O) groups is 2. The Kier molecular flexibility index (Phi) is 6.70. The van der Waals surface area contributed by atoms with Gasteiger partial charge in [-0.25, -0.2) is 4.39 Å². The van der Waals surface area contributed by atoms with Gasteiger partial charge in [-0.15, -0.1) is 0 Å². The number of halogens is 2. The summed E-state index contributed by atoms with van der Waals surface area (Å²) in [5.41, 5.74) is 1.20. The fraction of sp³-hybridized carbons (Fsp3) is 0.263. The fourth-order valence-electron chi connectivity index (χ4n) is 2.53. The summed E-state index contributed by atoms with van der Waals surface area (Å²) in [5, 5.41) is 2.56. The third-order valence-corrected chi connectivity index (χ3v) is 4.45. The molecule has 0 spiro atoms. The second-order valence-electron chi connectivity index (χ2n) is 5.71. The van der Waals surface area contributed by atoms with E-state index in [-0.39, 0.29) is 24.8 Å². The summed E-state index contributed by atoms with van der Waals surface area (Å²) in [6.07, 6.45) is -0.0952. The van der Waals surface area contributed by atoms with Crippen LogP contribution in [0.15, 0.2) is 53.0 Å². The lowest BCUT2D eigenvalue weighted by atomic mass is 10.1. The van der Waals surface area contributed by atoms with Crippen molar-refractivity contribution in [1.29, 1.82) is 0 Å². The molecule has 0 unspecified atom stereocenters. The monoisotopic (exact) mass is 406 g/mol. The van der Waals surface area contributed by atoms with Crippen LogP contribution in [0.4, 0.5) is 4.39 Å². The molecule has 0 aliphatic rings. The van der Waals surface area contributed by atoms with Crippen molar-refractivity contribution in [3.05, 3.63) is 69.9 Å². The second kappa shape index (κ2) is 8.76. The predicted octanol–water partition coefficient (Wildman–Crippen LogP) is 3.29. The van der Waals surface area contributed by atoms with E-state index in [4.69, 9.17) is 0 Å². The van der Waals surface area contributed by atoms with Gasteiger partial charge in [-0.3, -0.25) is 9.59 Å². The molecular formula is C19H20BrFN2O2. The zero-order chi connectivity index (χ0) is 18.4. The molecule has 0 aromatic heterocycles. The van der Waals surface area contributed by atoms with Gasteiger partial charge >= 0.3 is 0 Å². The highest BCUT2D eigenvalue weighted by Gasteiger charge is 2.26. The summed E-state index contributed by atoms with van der Waals surface area (Å²) in [5.74, 6) is -0.996. The minimum absolute atomic E-state index is 0.0952. The van der Waals surface area contributed by atoms with Gasteiger partial charge in [-0.2, -0.15) is 0 Å². The van der Waals surface area contributed by atoms with E-state index in [1.807, 2.05) is 24.3 Å². The zero-order valence-corrected chi connectivity index (χ0v) is 15.7. The normalized spacial score (nSPS) is 11.7. The number of likely N-dealkylation sites (N-methyl/N-ethyl adjacent to an activating group) is 1. The van der Waals surface area contributed by atoms with Crippen molar-refractivity contribution in [3.63, 3.8) is 0 Å². The highest BCUT2D eigenvalue weighted by Crippen LogP contribution is 2.17. The van der Waals surface area contributed by atoms with Crippen LogP contribution < -0.4 is 5.32 Å². The van der Waals surface area contributed by atoms with Crippen LogP contribution in [0.3, 0.4) is 0 Å². The molecule has 1 N–H and O–H groups in total. The molecule has 4 nitrogen and oxygen atoms in total. The first-order valence-electron chi connectivity index (χ1n) is 7.91. The summed E-state index contributed by atoms with van der Waals surface area (Å²) in [6.45, 7) is 1.93. The lowest BCUT2D eigenvalue weighted by molar-refractivity contribution is -0.139. The van der Waals surface area contributed by atoms with Crippen LogP contribution >= 0.6 is 15.9 Å². The Morgan fingerprint density at radius 2 is 1.92 bits per heavy atom. The summed E-state index contributed by atoms with van der Waals surface area (Å²) in [6, 6.07) is 13.0. The lowest BCUT2D eigenvalue weighted by Gasteiger charge is -2.28. The molecule has 0 aliphatic heterocycles. The average Bonchev–Trinajstić information content (AvgIpc) is 2.60. The first-order chi connectivity index (χ1) is 11.9. The Bertz CT molecular complexity index is 767. The molecule has 6 heteroatoms. The Labute approximate surface area is 155 Å². The number of hydrogen-bond donors (Lipinski definition) is 1. The highest BCUT2D eigenvalue weighted by molar-refractivity contribution is 9.10. The van der Waals surface area contributed by atoms with Gasteiger partial charge in [0.1, 0.15) is 11.9 Å². The number of nitrogens with zero attached hydrogens (tertiary/aromatic N) is 1. The predicted molar refractivity (Wildman–Crippen MR) is 98.3 cm³/mol. The van der Waals surface area contributed by atoms with Crippen molar-refractivity contribution in [2.45, 2.75) is 25.9 Å². The smallest absolute Gasteiger partial charge is 0.242 e. The van der Waals surface area contributed by atoms with Crippen molar-refractivity contribution in [1.82, 2.24) is 10.2 Å². The van der Waals surface area contributed by atoms with E-state index in [0.29, 0.717) is 5.56 Å². The third-order valence-electron chi connectivity index (χ3n) is 3.96. The minimum Gasteiger partial charge on any atom is -0.357 e. The fourth-order valence-corrected chi connectivity index (χ4v) is 2.98. The Morgan fingerprint density at radius 3 is 2.56 bits per heavy atom. The molecule has 0 saturated carbocycles. The van der Waals surface area contributed by atoms with Crippen LogP contribution in [0, 0.1) is 5.82 Å². The van der Waals surface area contributed by atoms with Crippen LogP contribution in [-0.4, -0.2) is 29.8 Å². The average molecular weight is 407 g/mol. The molecule has 0 bridgehead atoms. The number of rotatable bonds is 6. The van der Waals surface area contributed by atoms with Gasteiger partial charge < -0.3 is 10.2 Å². The molecule has 0 saturated heterocycles. The lowest BCUT2D eigenvalue weighted by Crippen LogP contribution is -2.47. The standard InChI is InChI=1S/C19H20BrFN2O2/c1-13(19(25)22-2)23(12-14-6-5-8-16(20)10-14)18(24)11-15-7-3-4-9-17(15)21/h3-10,13H,11-12H2,1-2H3,(H,22,25)/t13-/m1/s1. The first kappa shape index (κ1) is 19.1. The molecule has 132 valence electrons. The van der Waals surface area contributed by atoms with E-state index in [1.165, 1.54) is 18.0 Å². The summed E-state index contributed by atoms with van der Waals surface area (Å²) in [4.78, 5) is 26.3. The SMILES string of the molecule is CNC(=O)[C@@H](C)N(Cc1cccc(Br)c1)C(=O)Cc1ccccc1F. The minimum atomic E-state index is -0.664. The number of benzene rings is 2. The largest absolute Gasteiger partial charge is 0.357 e. The topological polar surface area (TPSA) is 49.4 Å². The van der Waals surface area contributed by atoms with Gasteiger partial charge in [0.2, 0.25) is 11.8 Å². The third kappa shape index (κ3) is 5.13. The van der Waals surface area contributed by atoms with Crippen molar-refractivity contribution in [2.24, 2.45) is 0 Å². The van der Waals surface area contributed by atoms with E-state index >= 15 is 0 Å². The van der Waals surface area contributed by atoms with E-state index in [0.717, 1.165) is 10.0 Å². The number of nitrogens with one attached hydrogen (secondary N) is 1. The van der Waals surface area contributed by atoms with Gasteiger partial charge in [0.25, 0.3) is 0 Å². The van der Waals surface area contributed by atoms with E-state index < -0.39 is 11.9 Å². The van der Waals surface area contributed by atoms with Gasteiger partial charge in [0, 0.05) is 18.1 Å². The van der Waals surface area contributed by atoms with E-state index in [9.17, 15) is 14.0 Å². The molecule has 25 heavy (non-hydrogen) atoms. The second-order valence-corrected chi connectivity index (χ2v) is 6.63. The molecule has 2 aromatic carbocycles. The maximum atomic E-state index is 13.9. The number of hydrogen-bond acceptors (Lipinski definition) is 2. The molecule has 1 atom stereocenters. The van der Waals surface area contributed by atoms with Crippen molar-refractivity contribution >= 4 is 27.7 Å². The van der Waals surface area contributed by atoms with Crippen molar-refractivity contribution in [3.8, 4) is 0 Å². The van der Waals surface area contributed by atoms with Gasteiger partial charge in [-0.1, -0.05) is 46.3 Å². The molecule has 0 fully saturated rings. The van der Waals surface area contributed by atoms with Crippen LogP contribution in [0.5, 0.6) is 0 Å². The van der Waals surface area contributed by atoms with Crippen LogP contribution in [0.25, 0.3) is 0 Å². The van der Waals surface area contributed by atoms with Crippen LogP contribution in [-0.2, 0) is 22.6 Å². The molecule has 2 rings (SSSR count). The van der Waals surface area contributed by atoms with Gasteiger partial charge in [-0.05, 0) is 36.2 Å². The number of carbonyl (C=O) groups excluding carboxylic acids is 2. The Hall–Kier alpha value is -2.21. The van der Waals surface area contributed by atoms with Crippen molar-refractivity contribution < 1.29 is 14.0 Å². The van der Waals surface area contributed by atoms with Crippen molar-refractivity contribution in [2.75, 3.05) is 7.05 Å². The van der Waals surface area contributed by atoms with E-state index in [1.54, 1.807) is 25.1 Å². The summed E-state index contributed by atoms with van der Waals surface area (Å²) < 4.78 is 14.8. The molecular weight excluding hydrogens is 387 g/mol. The van der Waals surface area contributed by atoms with Gasteiger partial charge in [0.05, 0.1) is 6.42 Å².